The van der Waals surface area contributed by atoms with E-state index in [1.54, 1.807) is 6.92 Å². The van der Waals surface area contributed by atoms with Gasteiger partial charge in [0.1, 0.15) is 11.2 Å². The molecule has 0 radical (unpaired) electrons. The molecule has 2 N–H and O–H groups in total. The molecule has 7 heteroatoms. The summed E-state index contributed by atoms with van der Waals surface area (Å²) in [5, 5.41) is 0.0821. The van der Waals surface area contributed by atoms with Gasteiger partial charge in [-0.1, -0.05) is 11.6 Å². The van der Waals surface area contributed by atoms with E-state index in [9.17, 15) is 9.59 Å². The first kappa shape index (κ1) is 14.6. The molecule has 0 bridgehead atoms. The van der Waals surface area contributed by atoms with Crippen LogP contribution >= 0.6 is 11.6 Å². The normalized spacial score (nSPS) is 18.1. The van der Waals surface area contributed by atoms with Gasteiger partial charge in [0, 0.05) is 6.54 Å². The topological polar surface area (TPSA) is 85.5 Å². The highest BCUT2D eigenvalue weighted by atomic mass is 35.5. The van der Waals surface area contributed by atoms with Crippen LogP contribution in [0, 0.1) is 0 Å². The van der Waals surface area contributed by atoms with Gasteiger partial charge in [0.15, 0.2) is 0 Å². The predicted octanol–water partition coefficient (Wildman–Crippen LogP) is 1.48. The maximum absolute atomic E-state index is 12.5. The Bertz CT molecular complexity index is 536. The maximum atomic E-state index is 12.5. The number of nitrogen functional groups attached to an aromatic ring is 1. The molecule has 20 heavy (non-hydrogen) atoms. The average Bonchev–Trinajstić information content (AvgIpc) is 2.90. The summed E-state index contributed by atoms with van der Waals surface area (Å²) in [5.41, 5.74) is 6.19. The van der Waals surface area contributed by atoms with E-state index in [0.29, 0.717) is 18.7 Å². The fraction of sp³-hybridized carbons (Fsp3) is 0.462. The number of ether oxygens (including phenoxy) is 1. The molecule has 1 amide bonds. The van der Waals surface area contributed by atoms with Crippen molar-refractivity contribution in [3.8, 4) is 0 Å². The number of nitrogens with zero attached hydrogens (tertiary/aromatic N) is 2. The second-order valence-corrected chi connectivity index (χ2v) is 4.87. The van der Waals surface area contributed by atoms with Crippen LogP contribution in [0.5, 0.6) is 0 Å². The van der Waals surface area contributed by atoms with Gasteiger partial charge in [-0.05, 0) is 25.8 Å². The summed E-state index contributed by atoms with van der Waals surface area (Å²) in [4.78, 5) is 29.7. The fourth-order valence-electron chi connectivity index (χ4n) is 2.26. The van der Waals surface area contributed by atoms with Gasteiger partial charge < -0.3 is 15.4 Å². The summed E-state index contributed by atoms with van der Waals surface area (Å²) in [6, 6.07) is 0.915. The lowest BCUT2D eigenvalue weighted by molar-refractivity contribution is -0.147. The van der Waals surface area contributed by atoms with Gasteiger partial charge in [0.2, 0.25) is 0 Å². The van der Waals surface area contributed by atoms with Crippen molar-refractivity contribution in [2.45, 2.75) is 25.8 Å². The molecule has 2 rings (SSSR count). The number of rotatable bonds is 3. The molecular formula is C13H16ClN3O3. The van der Waals surface area contributed by atoms with Crippen LogP contribution < -0.4 is 5.73 Å². The molecule has 1 aliphatic rings. The maximum Gasteiger partial charge on any atom is 0.328 e. The second kappa shape index (κ2) is 6.09. The number of likely N-dealkylation sites (tertiary alicyclic amines) is 1. The molecule has 1 atom stereocenters. The number of aromatic nitrogens is 1. The minimum atomic E-state index is -0.556. The summed E-state index contributed by atoms with van der Waals surface area (Å²) in [5.74, 6) is -0.725. The Hall–Kier alpha value is -1.82. The van der Waals surface area contributed by atoms with Gasteiger partial charge in [0.25, 0.3) is 5.91 Å². The zero-order chi connectivity index (χ0) is 14.7. The van der Waals surface area contributed by atoms with Gasteiger partial charge in [-0.15, -0.1) is 0 Å². The molecule has 6 nitrogen and oxygen atoms in total. The predicted molar refractivity (Wildman–Crippen MR) is 74.4 cm³/mol. The van der Waals surface area contributed by atoms with Crippen LogP contribution in [0.25, 0.3) is 0 Å². The molecule has 1 fully saturated rings. The number of halogens is 1. The van der Waals surface area contributed by atoms with E-state index in [2.05, 4.69) is 4.98 Å². The van der Waals surface area contributed by atoms with E-state index in [1.165, 1.54) is 17.2 Å². The Morgan fingerprint density at radius 3 is 3.05 bits per heavy atom. The highest BCUT2D eigenvalue weighted by Crippen LogP contribution is 2.24. The van der Waals surface area contributed by atoms with Crippen molar-refractivity contribution in [2.75, 3.05) is 18.9 Å². The molecular weight excluding hydrogens is 282 g/mol. The van der Waals surface area contributed by atoms with Crippen LogP contribution in [-0.4, -0.2) is 41.0 Å². The number of esters is 1. The SMILES string of the molecule is CCOC(=O)C1CCCN1C(=O)c1cc(N)cnc1Cl. The van der Waals surface area contributed by atoms with Gasteiger partial charge in [0.05, 0.1) is 24.1 Å². The molecule has 0 aliphatic carbocycles. The first-order valence-electron chi connectivity index (χ1n) is 6.43. The van der Waals surface area contributed by atoms with Gasteiger partial charge in [-0.25, -0.2) is 9.78 Å². The van der Waals surface area contributed by atoms with Crippen molar-refractivity contribution in [1.29, 1.82) is 0 Å². The zero-order valence-electron chi connectivity index (χ0n) is 11.1. The Labute approximate surface area is 121 Å². The average molecular weight is 298 g/mol. The van der Waals surface area contributed by atoms with E-state index < -0.39 is 6.04 Å². The lowest BCUT2D eigenvalue weighted by atomic mass is 10.2. The molecule has 1 aliphatic heterocycles. The molecule has 0 spiro atoms. The van der Waals surface area contributed by atoms with Crippen molar-refractivity contribution in [3.63, 3.8) is 0 Å². The number of carbonyl (C=O) groups is 2. The number of anilines is 1. The molecule has 108 valence electrons. The van der Waals surface area contributed by atoms with Crippen molar-refractivity contribution in [3.05, 3.63) is 23.0 Å². The molecule has 1 unspecified atom stereocenters. The lowest BCUT2D eigenvalue weighted by Crippen LogP contribution is -2.41. The van der Waals surface area contributed by atoms with Crippen LogP contribution in [0.4, 0.5) is 5.69 Å². The quantitative estimate of drug-likeness (QED) is 0.675. The number of hydrogen-bond donors (Lipinski definition) is 1. The minimum absolute atomic E-state index is 0.0821. The van der Waals surface area contributed by atoms with Crippen LogP contribution in [0.15, 0.2) is 12.3 Å². The minimum Gasteiger partial charge on any atom is -0.464 e. The highest BCUT2D eigenvalue weighted by Gasteiger charge is 2.36. The number of hydrogen-bond acceptors (Lipinski definition) is 5. The molecule has 2 heterocycles. The molecule has 0 aromatic carbocycles. The third-order valence-corrected chi connectivity index (χ3v) is 3.46. The Kier molecular flexibility index (Phi) is 4.44. The van der Waals surface area contributed by atoms with Crippen LogP contribution in [-0.2, 0) is 9.53 Å². The van der Waals surface area contributed by atoms with Gasteiger partial charge in [-0.2, -0.15) is 0 Å². The Balaban J connectivity index is 2.23. The lowest BCUT2D eigenvalue weighted by Gasteiger charge is -2.23. The van der Waals surface area contributed by atoms with Crippen LogP contribution in [0.3, 0.4) is 0 Å². The number of nitrogens with two attached hydrogens (primary N) is 1. The van der Waals surface area contributed by atoms with Crippen molar-refractivity contribution >= 4 is 29.2 Å². The van der Waals surface area contributed by atoms with Crippen molar-refractivity contribution in [2.24, 2.45) is 0 Å². The third kappa shape index (κ3) is 2.85. The molecule has 1 saturated heterocycles. The summed E-state index contributed by atoms with van der Waals surface area (Å²) >= 11 is 5.93. The van der Waals surface area contributed by atoms with Gasteiger partial charge >= 0.3 is 5.97 Å². The van der Waals surface area contributed by atoms with Crippen LogP contribution in [0.2, 0.25) is 5.15 Å². The third-order valence-electron chi connectivity index (χ3n) is 3.16. The van der Waals surface area contributed by atoms with Crippen LogP contribution in [0.1, 0.15) is 30.1 Å². The second-order valence-electron chi connectivity index (χ2n) is 4.52. The summed E-state index contributed by atoms with van der Waals surface area (Å²) in [6.45, 7) is 2.52. The molecule has 1 aromatic rings. The first-order chi connectivity index (χ1) is 9.54. The monoisotopic (exact) mass is 297 g/mol. The first-order valence-corrected chi connectivity index (χ1v) is 6.81. The number of pyridine rings is 1. The van der Waals surface area contributed by atoms with Crippen molar-refractivity contribution < 1.29 is 14.3 Å². The standard InChI is InChI=1S/C13H16ClN3O3/c1-2-20-13(19)10-4-3-5-17(10)12(18)9-6-8(15)7-16-11(9)14/h6-7,10H,2-5,15H2,1H3. The van der Waals surface area contributed by atoms with E-state index in [0.717, 1.165) is 6.42 Å². The summed E-state index contributed by atoms with van der Waals surface area (Å²) in [7, 11) is 0. The van der Waals surface area contributed by atoms with E-state index in [4.69, 9.17) is 22.1 Å². The Morgan fingerprint density at radius 1 is 1.60 bits per heavy atom. The fourth-order valence-corrected chi connectivity index (χ4v) is 2.45. The largest absolute Gasteiger partial charge is 0.464 e. The highest BCUT2D eigenvalue weighted by molar-refractivity contribution is 6.32. The smallest absolute Gasteiger partial charge is 0.328 e. The van der Waals surface area contributed by atoms with Crippen molar-refractivity contribution in [1.82, 2.24) is 9.88 Å². The summed E-state index contributed by atoms with van der Waals surface area (Å²) in [6.07, 6.45) is 2.73. The zero-order valence-corrected chi connectivity index (χ0v) is 11.9. The Morgan fingerprint density at radius 2 is 2.35 bits per heavy atom. The van der Waals surface area contributed by atoms with E-state index in [1.807, 2.05) is 0 Å². The molecule has 1 aromatic heterocycles. The number of amides is 1. The number of carbonyl (C=O) groups excluding carboxylic acids is 2. The molecule has 0 saturated carbocycles. The van der Waals surface area contributed by atoms with E-state index in [-0.39, 0.29) is 29.2 Å². The van der Waals surface area contributed by atoms with Gasteiger partial charge in [-0.3, -0.25) is 4.79 Å². The van der Waals surface area contributed by atoms with E-state index >= 15 is 0 Å². The summed E-state index contributed by atoms with van der Waals surface area (Å²) < 4.78 is 4.99.